The first-order valence-electron chi connectivity index (χ1n) is 8.01. The van der Waals surface area contributed by atoms with E-state index >= 15 is 0 Å². The van der Waals surface area contributed by atoms with Crippen LogP contribution in [0.4, 0.5) is 4.79 Å². The van der Waals surface area contributed by atoms with E-state index in [0.29, 0.717) is 25.4 Å². The Kier molecular flexibility index (Phi) is 4.35. The Balaban J connectivity index is 1.56. The third kappa shape index (κ3) is 3.52. The molecule has 2 saturated heterocycles. The molecule has 2 amide bonds. The molecule has 7 nitrogen and oxygen atoms in total. The van der Waals surface area contributed by atoms with Crippen LogP contribution in [0.1, 0.15) is 36.6 Å². The monoisotopic (exact) mass is 341 g/mol. The molecule has 0 aromatic carbocycles. The number of sulfone groups is 1. The van der Waals surface area contributed by atoms with E-state index in [0.717, 1.165) is 24.3 Å². The zero-order valence-corrected chi connectivity index (χ0v) is 14.4. The summed E-state index contributed by atoms with van der Waals surface area (Å²) in [6, 6.07) is 1.69. The van der Waals surface area contributed by atoms with Crippen LogP contribution in [-0.2, 0) is 9.84 Å². The summed E-state index contributed by atoms with van der Waals surface area (Å²) in [5.41, 5.74) is 0.876. The molecule has 8 heteroatoms. The summed E-state index contributed by atoms with van der Waals surface area (Å²) >= 11 is 0. The first-order valence-corrected chi connectivity index (χ1v) is 9.83. The van der Waals surface area contributed by atoms with Gasteiger partial charge in [-0.3, -0.25) is 0 Å². The Morgan fingerprint density at radius 1 is 1.35 bits per heavy atom. The molecule has 0 aliphatic carbocycles. The molecule has 0 bridgehead atoms. The third-order valence-corrected chi connectivity index (χ3v) is 6.62. The number of urea groups is 1. The lowest BCUT2D eigenvalue weighted by atomic mass is 9.94. The average Bonchev–Trinajstić information content (AvgIpc) is 3.11. The van der Waals surface area contributed by atoms with Crippen molar-refractivity contribution >= 4 is 15.9 Å². The van der Waals surface area contributed by atoms with E-state index in [1.54, 1.807) is 11.9 Å². The summed E-state index contributed by atoms with van der Waals surface area (Å²) in [5, 5.41) is 3.92. The van der Waals surface area contributed by atoms with E-state index in [4.69, 9.17) is 4.52 Å². The molecule has 1 unspecified atom stereocenters. The highest BCUT2D eigenvalue weighted by Gasteiger charge is 2.35. The van der Waals surface area contributed by atoms with Crippen molar-refractivity contribution in [2.24, 2.45) is 0 Å². The van der Waals surface area contributed by atoms with Crippen molar-refractivity contribution in [3.8, 4) is 0 Å². The van der Waals surface area contributed by atoms with Crippen molar-refractivity contribution in [2.45, 2.75) is 38.1 Å². The van der Waals surface area contributed by atoms with Gasteiger partial charge in [-0.2, -0.15) is 0 Å². The number of aromatic nitrogens is 1. The molecule has 0 saturated carbocycles. The number of carbonyl (C=O) groups is 1. The molecule has 0 N–H and O–H groups in total. The van der Waals surface area contributed by atoms with Crippen LogP contribution in [0.2, 0.25) is 0 Å². The number of hydrogen-bond donors (Lipinski definition) is 0. The predicted molar refractivity (Wildman–Crippen MR) is 85.0 cm³/mol. The number of aryl methyl sites for hydroxylation is 1. The van der Waals surface area contributed by atoms with Crippen molar-refractivity contribution in [1.29, 1.82) is 0 Å². The number of rotatable bonds is 2. The van der Waals surface area contributed by atoms with E-state index in [2.05, 4.69) is 5.16 Å². The summed E-state index contributed by atoms with van der Waals surface area (Å²) in [6.07, 6.45) is 2.23. The molecule has 2 aliphatic rings. The molecular weight excluding hydrogens is 318 g/mol. The molecule has 0 radical (unpaired) electrons. The standard InChI is InChI=1S/C15H23N3O4S/c1-11-9-14(22-16-11)12-3-6-18(7-4-12)15(19)17(2)13-5-8-23(20,21)10-13/h9,12-13H,3-8,10H2,1-2H3. The normalized spacial score (nSPS) is 24.8. The number of likely N-dealkylation sites (tertiary alicyclic amines) is 1. The zero-order valence-electron chi connectivity index (χ0n) is 13.6. The molecule has 2 aliphatic heterocycles. The van der Waals surface area contributed by atoms with Crippen LogP contribution in [-0.4, -0.2) is 67.1 Å². The van der Waals surface area contributed by atoms with Crippen LogP contribution in [0.3, 0.4) is 0 Å². The van der Waals surface area contributed by atoms with Crippen LogP contribution in [0.25, 0.3) is 0 Å². The lowest BCUT2D eigenvalue weighted by molar-refractivity contribution is 0.135. The second-order valence-corrected chi connectivity index (χ2v) is 8.81. The highest BCUT2D eigenvalue weighted by Crippen LogP contribution is 2.29. The van der Waals surface area contributed by atoms with E-state index in [-0.39, 0.29) is 23.6 Å². The van der Waals surface area contributed by atoms with Gasteiger partial charge in [-0.1, -0.05) is 5.16 Å². The minimum atomic E-state index is -2.98. The number of piperidine rings is 1. The van der Waals surface area contributed by atoms with Gasteiger partial charge in [0.15, 0.2) is 9.84 Å². The molecule has 3 heterocycles. The fraction of sp³-hybridized carbons (Fsp3) is 0.733. The van der Waals surface area contributed by atoms with E-state index in [9.17, 15) is 13.2 Å². The average molecular weight is 341 g/mol. The highest BCUT2D eigenvalue weighted by molar-refractivity contribution is 7.91. The molecule has 3 rings (SSSR count). The predicted octanol–water partition coefficient (Wildman–Crippen LogP) is 1.40. The number of nitrogens with zero attached hydrogens (tertiary/aromatic N) is 3. The lowest BCUT2D eigenvalue weighted by Crippen LogP contribution is -2.48. The molecule has 128 valence electrons. The van der Waals surface area contributed by atoms with Crippen LogP contribution >= 0.6 is 0 Å². The van der Waals surface area contributed by atoms with E-state index in [1.807, 2.05) is 17.9 Å². The second-order valence-electron chi connectivity index (χ2n) is 6.58. The summed E-state index contributed by atoms with van der Waals surface area (Å²) in [7, 11) is -1.27. The zero-order chi connectivity index (χ0) is 16.6. The summed E-state index contributed by atoms with van der Waals surface area (Å²) < 4.78 is 28.5. The molecule has 1 aromatic rings. The van der Waals surface area contributed by atoms with Crippen LogP contribution in [0, 0.1) is 6.92 Å². The molecule has 23 heavy (non-hydrogen) atoms. The maximum Gasteiger partial charge on any atom is 0.320 e. The maximum atomic E-state index is 12.6. The molecule has 2 fully saturated rings. The minimum absolute atomic E-state index is 0.0701. The van der Waals surface area contributed by atoms with Crippen molar-refractivity contribution in [2.75, 3.05) is 31.6 Å². The summed E-state index contributed by atoms with van der Waals surface area (Å²) in [6.45, 7) is 3.22. The van der Waals surface area contributed by atoms with E-state index < -0.39 is 9.84 Å². The van der Waals surface area contributed by atoms with Gasteiger partial charge >= 0.3 is 6.03 Å². The third-order valence-electron chi connectivity index (χ3n) is 4.87. The molecular formula is C15H23N3O4S. The quantitative estimate of drug-likeness (QED) is 0.812. The van der Waals surface area contributed by atoms with E-state index in [1.165, 1.54) is 0 Å². The van der Waals surface area contributed by atoms with Gasteiger partial charge in [0.25, 0.3) is 0 Å². The van der Waals surface area contributed by atoms with Crippen molar-refractivity contribution in [3.63, 3.8) is 0 Å². The lowest BCUT2D eigenvalue weighted by Gasteiger charge is -2.35. The Morgan fingerprint density at radius 3 is 2.57 bits per heavy atom. The number of amides is 2. The molecule has 0 spiro atoms. The minimum Gasteiger partial charge on any atom is -0.361 e. The number of carbonyl (C=O) groups excluding carboxylic acids is 1. The van der Waals surface area contributed by atoms with Gasteiger partial charge in [-0.05, 0) is 26.2 Å². The maximum absolute atomic E-state index is 12.6. The fourth-order valence-electron chi connectivity index (χ4n) is 3.39. The van der Waals surface area contributed by atoms with Gasteiger partial charge < -0.3 is 14.3 Å². The Morgan fingerprint density at radius 2 is 2.04 bits per heavy atom. The van der Waals surface area contributed by atoms with Crippen LogP contribution in [0.5, 0.6) is 0 Å². The van der Waals surface area contributed by atoms with Gasteiger partial charge in [-0.25, -0.2) is 13.2 Å². The van der Waals surface area contributed by atoms with Crippen molar-refractivity contribution in [3.05, 3.63) is 17.5 Å². The first kappa shape index (κ1) is 16.3. The van der Waals surface area contributed by atoms with Gasteiger partial charge in [0, 0.05) is 38.2 Å². The van der Waals surface area contributed by atoms with Gasteiger partial charge in [0.2, 0.25) is 0 Å². The van der Waals surface area contributed by atoms with Gasteiger partial charge in [-0.15, -0.1) is 0 Å². The SMILES string of the molecule is Cc1cc(C2CCN(C(=O)N(C)C3CCS(=O)(=O)C3)CC2)on1. The van der Waals surface area contributed by atoms with Gasteiger partial charge in [0.1, 0.15) is 5.76 Å². The summed E-state index contributed by atoms with van der Waals surface area (Å²) in [4.78, 5) is 16.0. The molecule has 1 aromatic heterocycles. The van der Waals surface area contributed by atoms with Crippen LogP contribution < -0.4 is 0 Å². The smallest absolute Gasteiger partial charge is 0.320 e. The Bertz CT molecular complexity index is 677. The highest BCUT2D eigenvalue weighted by atomic mass is 32.2. The van der Waals surface area contributed by atoms with Crippen LogP contribution in [0.15, 0.2) is 10.6 Å². The van der Waals surface area contributed by atoms with Crippen molar-refractivity contribution in [1.82, 2.24) is 15.0 Å². The van der Waals surface area contributed by atoms with Gasteiger partial charge in [0.05, 0.1) is 17.2 Å². The summed E-state index contributed by atoms with van der Waals surface area (Å²) in [5.74, 6) is 1.47. The largest absolute Gasteiger partial charge is 0.361 e. The number of hydrogen-bond acceptors (Lipinski definition) is 5. The second kappa shape index (κ2) is 6.14. The first-order chi connectivity index (χ1) is 10.9. The fourth-order valence-corrected chi connectivity index (χ4v) is 5.17. The Hall–Kier alpha value is -1.57. The van der Waals surface area contributed by atoms with Crippen molar-refractivity contribution < 1.29 is 17.7 Å². The molecule has 1 atom stereocenters. The topological polar surface area (TPSA) is 83.7 Å². The Labute approximate surface area is 136 Å².